The van der Waals surface area contributed by atoms with E-state index < -0.39 is 11.0 Å². The van der Waals surface area contributed by atoms with Crippen LogP contribution in [0, 0.1) is 16.0 Å². The normalized spacial score (nSPS) is 13.9. The smallest absolute Gasteiger partial charge is 0.269 e. The zero-order chi connectivity index (χ0) is 20.0. The summed E-state index contributed by atoms with van der Waals surface area (Å²) in [4.78, 5) is 14.7. The second-order valence-corrected chi connectivity index (χ2v) is 6.93. The first-order valence-electron chi connectivity index (χ1n) is 8.89. The van der Waals surface area contributed by atoms with Crippen molar-refractivity contribution in [1.82, 2.24) is 15.5 Å². The van der Waals surface area contributed by atoms with Gasteiger partial charge in [-0.05, 0) is 31.9 Å². The number of hydrogen-bond donors (Lipinski definition) is 2. The van der Waals surface area contributed by atoms with Crippen molar-refractivity contribution in [2.24, 2.45) is 5.92 Å². The number of non-ortho nitro benzene ring substituents is 1. The first-order valence-corrected chi connectivity index (χ1v) is 8.89. The van der Waals surface area contributed by atoms with Crippen molar-refractivity contribution >= 4 is 5.69 Å². The Kier molecular flexibility index (Phi) is 7.40. The molecule has 1 aromatic carbocycles. The van der Waals surface area contributed by atoms with Gasteiger partial charge in [-0.25, -0.2) is 0 Å². The lowest BCUT2D eigenvalue weighted by Gasteiger charge is -2.21. The number of hydrogen-bond acceptors (Lipinski definition) is 8. The lowest BCUT2D eigenvalue weighted by Crippen LogP contribution is -2.35. The Morgan fingerprint density at radius 2 is 1.93 bits per heavy atom. The van der Waals surface area contributed by atoms with Gasteiger partial charge >= 0.3 is 0 Å². The van der Waals surface area contributed by atoms with Crippen molar-refractivity contribution in [2.75, 3.05) is 13.2 Å². The molecule has 0 bridgehead atoms. The minimum absolute atomic E-state index is 0.00166. The number of ether oxygens (including phenoxy) is 1. The molecular formula is C18H26N4O5. The molecule has 0 saturated heterocycles. The molecule has 0 unspecified atom stereocenters. The Morgan fingerprint density at radius 1 is 1.26 bits per heavy atom. The molecule has 0 aliphatic carbocycles. The summed E-state index contributed by atoms with van der Waals surface area (Å²) in [6, 6.07) is 5.72. The summed E-state index contributed by atoms with van der Waals surface area (Å²) in [5.74, 6) is 0.903. The maximum absolute atomic E-state index is 10.7. The lowest BCUT2D eigenvalue weighted by molar-refractivity contribution is -0.384. The highest BCUT2D eigenvalue weighted by atomic mass is 16.6. The third kappa shape index (κ3) is 6.09. The average Bonchev–Trinajstić information content (AvgIpc) is 3.09. The summed E-state index contributed by atoms with van der Waals surface area (Å²) in [5, 5.41) is 28.0. The predicted octanol–water partition coefficient (Wildman–Crippen LogP) is 2.72. The molecule has 9 heteroatoms. The molecule has 1 heterocycles. The quantitative estimate of drug-likeness (QED) is 0.478. The van der Waals surface area contributed by atoms with E-state index in [1.54, 1.807) is 12.1 Å². The Bertz CT molecular complexity index is 730. The molecular weight excluding hydrogens is 352 g/mol. The van der Waals surface area contributed by atoms with E-state index in [0.717, 1.165) is 0 Å². The fourth-order valence-corrected chi connectivity index (χ4v) is 2.44. The van der Waals surface area contributed by atoms with Crippen LogP contribution in [0.5, 0.6) is 0 Å². The number of rotatable bonds is 10. The number of nitrogens with one attached hydrogen (secondary N) is 1. The Labute approximate surface area is 157 Å². The van der Waals surface area contributed by atoms with E-state index >= 15 is 0 Å². The number of nitro benzene ring substituents is 1. The van der Waals surface area contributed by atoms with Crippen LogP contribution in [0.15, 0.2) is 28.8 Å². The van der Waals surface area contributed by atoms with Gasteiger partial charge in [0.1, 0.15) is 0 Å². The van der Waals surface area contributed by atoms with Crippen LogP contribution in [0.2, 0.25) is 0 Å². The van der Waals surface area contributed by atoms with Crippen molar-refractivity contribution in [1.29, 1.82) is 0 Å². The van der Waals surface area contributed by atoms with Crippen LogP contribution in [-0.2, 0) is 4.74 Å². The fourth-order valence-electron chi connectivity index (χ4n) is 2.44. The molecule has 0 amide bonds. The summed E-state index contributed by atoms with van der Waals surface area (Å²) < 4.78 is 10.8. The molecule has 2 aromatic rings. The molecule has 0 saturated carbocycles. The number of nitro groups is 1. The molecule has 148 valence electrons. The largest absolute Gasteiger partial charge is 0.389 e. The third-order valence-electron chi connectivity index (χ3n) is 3.91. The molecule has 2 atom stereocenters. The van der Waals surface area contributed by atoms with Gasteiger partial charge in [-0.15, -0.1) is 0 Å². The highest BCUT2D eigenvalue weighted by Crippen LogP contribution is 2.24. The highest BCUT2D eigenvalue weighted by Gasteiger charge is 2.23. The molecule has 27 heavy (non-hydrogen) atoms. The van der Waals surface area contributed by atoms with Gasteiger partial charge in [0.05, 0.1) is 29.8 Å². The lowest BCUT2D eigenvalue weighted by atomic mass is 10.0. The average molecular weight is 378 g/mol. The molecule has 1 aromatic heterocycles. The van der Waals surface area contributed by atoms with Crippen LogP contribution in [0.1, 0.15) is 39.6 Å². The number of aliphatic hydroxyl groups is 1. The van der Waals surface area contributed by atoms with Crippen molar-refractivity contribution in [3.05, 3.63) is 40.3 Å². The molecule has 0 aliphatic rings. The molecule has 0 spiro atoms. The van der Waals surface area contributed by atoms with Gasteiger partial charge in [-0.2, -0.15) is 4.98 Å². The van der Waals surface area contributed by atoms with E-state index in [2.05, 4.69) is 15.5 Å². The van der Waals surface area contributed by atoms with E-state index in [1.807, 2.05) is 27.7 Å². The van der Waals surface area contributed by atoms with Crippen molar-refractivity contribution < 1.29 is 19.3 Å². The van der Waals surface area contributed by atoms with E-state index in [1.165, 1.54) is 12.1 Å². The summed E-state index contributed by atoms with van der Waals surface area (Å²) in [7, 11) is 0. The van der Waals surface area contributed by atoms with Gasteiger partial charge < -0.3 is 19.7 Å². The first-order chi connectivity index (χ1) is 12.8. The van der Waals surface area contributed by atoms with E-state index in [9.17, 15) is 15.2 Å². The number of benzene rings is 1. The maximum Gasteiger partial charge on any atom is 0.269 e. The molecule has 0 fully saturated rings. The minimum atomic E-state index is -0.647. The number of aliphatic hydroxyl groups excluding tert-OH is 1. The van der Waals surface area contributed by atoms with Crippen LogP contribution in [0.25, 0.3) is 11.4 Å². The monoisotopic (exact) mass is 378 g/mol. The summed E-state index contributed by atoms with van der Waals surface area (Å²) in [5.41, 5.74) is 0.630. The first kappa shape index (κ1) is 20.9. The van der Waals surface area contributed by atoms with Crippen LogP contribution in [0.3, 0.4) is 0 Å². The SMILES string of the molecule is CC(C)OC[C@H](O)CN[C@@H](c1nc(-c2ccc([N+](=O)[O-])cc2)no1)C(C)C. The summed E-state index contributed by atoms with van der Waals surface area (Å²) in [6.07, 6.45) is -0.591. The Balaban J connectivity index is 2.05. The Hall–Kier alpha value is -2.36. The zero-order valence-electron chi connectivity index (χ0n) is 16.0. The molecule has 2 rings (SSSR count). The molecule has 0 aliphatic heterocycles. The summed E-state index contributed by atoms with van der Waals surface area (Å²) >= 11 is 0. The highest BCUT2D eigenvalue weighted by molar-refractivity contribution is 5.56. The zero-order valence-corrected chi connectivity index (χ0v) is 16.0. The van der Waals surface area contributed by atoms with Gasteiger partial charge in [0, 0.05) is 24.2 Å². The van der Waals surface area contributed by atoms with E-state index in [0.29, 0.717) is 23.8 Å². The van der Waals surface area contributed by atoms with Crippen LogP contribution in [-0.4, -0.2) is 45.5 Å². The summed E-state index contributed by atoms with van der Waals surface area (Å²) in [6.45, 7) is 8.40. The minimum Gasteiger partial charge on any atom is -0.389 e. The van der Waals surface area contributed by atoms with Crippen LogP contribution < -0.4 is 5.32 Å². The van der Waals surface area contributed by atoms with Gasteiger partial charge in [-0.1, -0.05) is 19.0 Å². The van der Waals surface area contributed by atoms with Crippen LogP contribution >= 0.6 is 0 Å². The van der Waals surface area contributed by atoms with Gasteiger partial charge in [-0.3, -0.25) is 10.1 Å². The number of nitrogens with zero attached hydrogens (tertiary/aromatic N) is 3. The molecule has 2 N–H and O–H groups in total. The van der Waals surface area contributed by atoms with Gasteiger partial charge in [0.25, 0.3) is 5.69 Å². The van der Waals surface area contributed by atoms with E-state index in [-0.39, 0.29) is 30.4 Å². The van der Waals surface area contributed by atoms with Crippen molar-refractivity contribution in [2.45, 2.75) is 45.9 Å². The standard InChI is InChI=1S/C18H26N4O5/c1-11(2)16(19-9-15(23)10-26-12(3)4)18-20-17(21-27-18)13-5-7-14(8-6-13)22(24)25/h5-8,11-12,15-16,19,23H,9-10H2,1-4H3/t15-,16-/m1/s1. The van der Waals surface area contributed by atoms with Gasteiger partial charge in [0.2, 0.25) is 11.7 Å². The van der Waals surface area contributed by atoms with E-state index in [4.69, 9.17) is 9.26 Å². The van der Waals surface area contributed by atoms with Crippen molar-refractivity contribution in [3.63, 3.8) is 0 Å². The Morgan fingerprint density at radius 3 is 2.48 bits per heavy atom. The molecule has 0 radical (unpaired) electrons. The van der Waals surface area contributed by atoms with Crippen LogP contribution in [0.4, 0.5) is 5.69 Å². The molecule has 9 nitrogen and oxygen atoms in total. The second kappa shape index (κ2) is 9.54. The predicted molar refractivity (Wildman–Crippen MR) is 99.1 cm³/mol. The van der Waals surface area contributed by atoms with Gasteiger partial charge in [0.15, 0.2) is 0 Å². The topological polar surface area (TPSA) is 124 Å². The fraction of sp³-hybridized carbons (Fsp3) is 0.556. The number of aromatic nitrogens is 2. The third-order valence-corrected chi connectivity index (χ3v) is 3.91. The second-order valence-electron chi connectivity index (χ2n) is 6.93. The maximum atomic E-state index is 10.7. The van der Waals surface area contributed by atoms with Crippen molar-refractivity contribution in [3.8, 4) is 11.4 Å².